The first-order chi connectivity index (χ1) is 14.9. The average Bonchev–Trinajstić information content (AvgIpc) is 3.41. The van der Waals surface area contributed by atoms with Gasteiger partial charge < -0.3 is 10.2 Å². The van der Waals surface area contributed by atoms with Crippen molar-refractivity contribution in [2.45, 2.75) is 39.5 Å². The minimum Gasteiger partial charge on any atom is -0.337 e. The molecular formula is C21H24N6O2S2. The zero-order valence-electron chi connectivity index (χ0n) is 17.7. The van der Waals surface area contributed by atoms with E-state index < -0.39 is 0 Å². The Morgan fingerprint density at radius 3 is 2.81 bits per heavy atom. The van der Waals surface area contributed by atoms with E-state index in [1.54, 1.807) is 17.3 Å². The van der Waals surface area contributed by atoms with Gasteiger partial charge >= 0.3 is 0 Å². The summed E-state index contributed by atoms with van der Waals surface area (Å²) in [6, 6.07) is 3.78. The van der Waals surface area contributed by atoms with Gasteiger partial charge in [-0.25, -0.2) is 4.98 Å². The predicted octanol–water partition coefficient (Wildman–Crippen LogP) is 3.98. The van der Waals surface area contributed by atoms with Gasteiger partial charge in [0.25, 0.3) is 5.91 Å². The molecule has 3 aromatic rings. The molecule has 1 N–H and O–H groups in total. The Hall–Kier alpha value is -2.72. The number of nitrogens with zero attached hydrogens (tertiary/aromatic N) is 5. The zero-order chi connectivity index (χ0) is 22.0. The molecule has 0 saturated carbocycles. The number of anilines is 1. The maximum atomic E-state index is 13.2. The Labute approximate surface area is 188 Å². The van der Waals surface area contributed by atoms with Crippen molar-refractivity contribution < 1.29 is 9.59 Å². The van der Waals surface area contributed by atoms with E-state index in [1.165, 1.54) is 22.7 Å². The number of hydrogen-bond donors (Lipinski definition) is 1. The largest absolute Gasteiger partial charge is 0.337 e. The number of amides is 2. The van der Waals surface area contributed by atoms with E-state index in [4.69, 9.17) is 0 Å². The fourth-order valence-corrected chi connectivity index (χ4v) is 5.23. The van der Waals surface area contributed by atoms with Gasteiger partial charge in [-0.3, -0.25) is 14.6 Å². The van der Waals surface area contributed by atoms with Crippen molar-refractivity contribution in [1.82, 2.24) is 25.1 Å². The van der Waals surface area contributed by atoms with Gasteiger partial charge in [0.15, 0.2) is 0 Å². The average molecular weight is 457 g/mol. The third-order valence-electron chi connectivity index (χ3n) is 5.14. The Bertz CT molecular complexity index is 1080. The van der Waals surface area contributed by atoms with Gasteiger partial charge in [0.05, 0.1) is 11.6 Å². The van der Waals surface area contributed by atoms with Crippen LogP contribution in [0.4, 0.5) is 5.13 Å². The van der Waals surface area contributed by atoms with Crippen molar-refractivity contribution in [2.75, 3.05) is 18.4 Å². The van der Waals surface area contributed by atoms with Crippen molar-refractivity contribution in [3.63, 3.8) is 0 Å². The zero-order valence-corrected chi connectivity index (χ0v) is 19.3. The Kier molecular flexibility index (Phi) is 6.38. The molecule has 1 aliphatic heterocycles. The molecule has 1 saturated heterocycles. The molecule has 162 valence electrons. The minimum atomic E-state index is -0.268. The Balaban J connectivity index is 1.44. The van der Waals surface area contributed by atoms with E-state index in [9.17, 15) is 9.59 Å². The van der Waals surface area contributed by atoms with Gasteiger partial charge in [-0.2, -0.15) is 0 Å². The molecule has 0 aromatic carbocycles. The van der Waals surface area contributed by atoms with E-state index in [-0.39, 0.29) is 23.7 Å². The van der Waals surface area contributed by atoms with Crippen LogP contribution in [0, 0.1) is 12.8 Å². The summed E-state index contributed by atoms with van der Waals surface area (Å²) in [4.78, 5) is 37.0. The topological polar surface area (TPSA) is 101 Å². The van der Waals surface area contributed by atoms with Crippen molar-refractivity contribution in [1.29, 1.82) is 0 Å². The SMILES string of the molecule is Cc1nc(-c2cccnc2)sc1C(=O)N1CCCC(C(=O)Nc2nnc(C(C)C)s2)C1. The number of nitrogens with one attached hydrogen (secondary N) is 1. The molecule has 31 heavy (non-hydrogen) atoms. The van der Waals surface area contributed by atoms with Crippen LogP contribution in [-0.2, 0) is 4.79 Å². The maximum absolute atomic E-state index is 13.2. The highest BCUT2D eigenvalue weighted by Crippen LogP contribution is 2.30. The maximum Gasteiger partial charge on any atom is 0.265 e. The molecule has 4 heterocycles. The molecule has 0 aliphatic carbocycles. The van der Waals surface area contributed by atoms with Crippen LogP contribution in [-0.4, -0.2) is 50.0 Å². The highest BCUT2D eigenvalue weighted by atomic mass is 32.1. The van der Waals surface area contributed by atoms with Gasteiger partial charge in [0.2, 0.25) is 11.0 Å². The molecule has 0 spiro atoms. The van der Waals surface area contributed by atoms with E-state index >= 15 is 0 Å². The molecule has 0 radical (unpaired) electrons. The molecule has 1 aliphatic rings. The first-order valence-corrected chi connectivity index (χ1v) is 11.9. The van der Waals surface area contributed by atoms with E-state index in [0.29, 0.717) is 28.8 Å². The van der Waals surface area contributed by atoms with E-state index in [0.717, 1.165) is 28.4 Å². The van der Waals surface area contributed by atoms with Crippen LogP contribution >= 0.6 is 22.7 Å². The second-order valence-corrected chi connectivity index (χ2v) is 9.86. The lowest BCUT2D eigenvalue weighted by Gasteiger charge is -2.31. The number of piperidine rings is 1. The van der Waals surface area contributed by atoms with Crippen LogP contribution in [0.5, 0.6) is 0 Å². The second kappa shape index (κ2) is 9.19. The molecule has 2 amide bonds. The monoisotopic (exact) mass is 456 g/mol. The van der Waals surface area contributed by atoms with Crippen LogP contribution < -0.4 is 5.32 Å². The van der Waals surface area contributed by atoms with Gasteiger partial charge in [-0.1, -0.05) is 25.2 Å². The normalized spacial score (nSPS) is 16.5. The van der Waals surface area contributed by atoms with Gasteiger partial charge in [-0.05, 0) is 31.9 Å². The number of thiazole rings is 1. The molecule has 1 fully saturated rings. The predicted molar refractivity (Wildman–Crippen MR) is 121 cm³/mol. The number of hydrogen-bond acceptors (Lipinski definition) is 8. The van der Waals surface area contributed by atoms with Gasteiger partial charge in [-0.15, -0.1) is 21.5 Å². The summed E-state index contributed by atoms with van der Waals surface area (Å²) in [6.07, 6.45) is 4.98. The summed E-state index contributed by atoms with van der Waals surface area (Å²) in [5.74, 6) is -0.179. The first kappa shape index (κ1) is 21.5. The molecule has 4 rings (SSSR count). The van der Waals surface area contributed by atoms with Crippen LogP contribution in [0.2, 0.25) is 0 Å². The van der Waals surface area contributed by atoms with Crippen LogP contribution in [0.25, 0.3) is 10.6 Å². The van der Waals surface area contributed by atoms with Crippen LogP contribution in [0.3, 0.4) is 0 Å². The lowest BCUT2D eigenvalue weighted by Crippen LogP contribution is -2.43. The number of rotatable bonds is 5. The van der Waals surface area contributed by atoms with E-state index in [1.807, 2.05) is 32.9 Å². The van der Waals surface area contributed by atoms with Gasteiger partial charge in [0, 0.05) is 37.0 Å². The third-order valence-corrected chi connectivity index (χ3v) is 7.48. The summed E-state index contributed by atoms with van der Waals surface area (Å²) >= 11 is 2.77. The quantitative estimate of drug-likeness (QED) is 0.623. The number of aryl methyl sites for hydroxylation is 1. The Morgan fingerprint density at radius 1 is 1.26 bits per heavy atom. The second-order valence-electron chi connectivity index (χ2n) is 7.85. The lowest BCUT2D eigenvalue weighted by atomic mass is 9.97. The first-order valence-electron chi connectivity index (χ1n) is 10.2. The smallest absolute Gasteiger partial charge is 0.265 e. The molecular weight excluding hydrogens is 432 g/mol. The highest BCUT2D eigenvalue weighted by Gasteiger charge is 2.31. The van der Waals surface area contributed by atoms with Crippen LogP contribution in [0.15, 0.2) is 24.5 Å². The summed E-state index contributed by atoms with van der Waals surface area (Å²) in [5.41, 5.74) is 1.60. The lowest BCUT2D eigenvalue weighted by molar-refractivity contribution is -0.121. The molecule has 0 bridgehead atoms. The Morgan fingerprint density at radius 2 is 2.10 bits per heavy atom. The summed E-state index contributed by atoms with van der Waals surface area (Å²) < 4.78 is 0. The highest BCUT2D eigenvalue weighted by molar-refractivity contribution is 7.17. The van der Waals surface area contributed by atoms with Gasteiger partial charge in [0.1, 0.15) is 14.9 Å². The summed E-state index contributed by atoms with van der Waals surface area (Å²) in [7, 11) is 0. The standard InChI is InChI=1S/C21H24N6O2S2/c1-12(2)18-25-26-21(31-18)24-17(28)15-7-5-9-27(11-15)20(29)16-13(3)23-19(30-16)14-6-4-8-22-10-14/h4,6,8,10,12,15H,5,7,9,11H2,1-3H3,(H,24,26,28). The van der Waals surface area contributed by atoms with E-state index in [2.05, 4.69) is 25.5 Å². The molecule has 1 unspecified atom stereocenters. The third kappa shape index (κ3) is 4.80. The number of carbonyl (C=O) groups excluding carboxylic acids is 2. The van der Waals surface area contributed by atoms with Crippen molar-refractivity contribution in [3.8, 4) is 10.6 Å². The molecule has 10 heteroatoms. The van der Waals surface area contributed by atoms with Crippen LogP contribution in [0.1, 0.15) is 53.0 Å². The van der Waals surface area contributed by atoms with Crippen molar-refractivity contribution >= 4 is 39.6 Å². The fraction of sp³-hybridized carbons (Fsp3) is 0.429. The molecule has 8 nitrogen and oxygen atoms in total. The number of aromatic nitrogens is 4. The van der Waals surface area contributed by atoms with Crippen molar-refractivity contribution in [2.24, 2.45) is 5.92 Å². The number of carbonyl (C=O) groups is 2. The minimum absolute atomic E-state index is 0.0688. The summed E-state index contributed by atoms with van der Waals surface area (Å²) in [6.45, 7) is 6.95. The molecule has 3 aromatic heterocycles. The number of pyridine rings is 1. The summed E-state index contributed by atoms with van der Waals surface area (Å²) in [5, 5.41) is 13.2. The molecule has 1 atom stereocenters. The van der Waals surface area contributed by atoms with Crippen molar-refractivity contribution in [3.05, 3.63) is 40.1 Å². The number of likely N-dealkylation sites (tertiary alicyclic amines) is 1. The fourth-order valence-electron chi connectivity index (χ4n) is 3.45.